The fourth-order valence-electron chi connectivity index (χ4n) is 2.32. The van der Waals surface area contributed by atoms with Crippen LogP contribution in [0.25, 0.3) is 22.8 Å². The number of hydrogen-bond donors (Lipinski definition) is 0. The maximum atomic E-state index is 5.69. The highest BCUT2D eigenvalue weighted by Crippen LogP contribution is 2.22. The molecule has 0 spiro atoms. The van der Waals surface area contributed by atoms with E-state index >= 15 is 0 Å². The van der Waals surface area contributed by atoms with Crippen molar-refractivity contribution in [2.45, 2.75) is 13.5 Å². The van der Waals surface area contributed by atoms with Crippen LogP contribution in [0.4, 0.5) is 0 Å². The minimum atomic E-state index is 0.182. The van der Waals surface area contributed by atoms with Gasteiger partial charge in [0, 0.05) is 22.5 Å². The van der Waals surface area contributed by atoms with Gasteiger partial charge in [0.2, 0.25) is 17.5 Å². The SMILES string of the molecule is Cc1nc(-c2ccc(OCc3nc(-c4cccc(Br)c4)no3)cc2)no1. The highest BCUT2D eigenvalue weighted by atomic mass is 79.9. The number of aryl methyl sites for hydroxylation is 1. The third-order valence-electron chi connectivity index (χ3n) is 3.55. The zero-order chi connectivity index (χ0) is 17.9. The molecule has 8 heteroatoms. The van der Waals surface area contributed by atoms with Crippen molar-refractivity contribution >= 4 is 15.9 Å². The summed E-state index contributed by atoms with van der Waals surface area (Å²) in [6, 6.07) is 15.1. The van der Waals surface area contributed by atoms with Crippen LogP contribution < -0.4 is 4.74 Å². The highest BCUT2D eigenvalue weighted by Gasteiger charge is 2.10. The largest absolute Gasteiger partial charge is 0.484 e. The first-order valence-electron chi connectivity index (χ1n) is 7.79. The molecule has 0 radical (unpaired) electrons. The van der Waals surface area contributed by atoms with Gasteiger partial charge in [0.05, 0.1) is 0 Å². The van der Waals surface area contributed by atoms with E-state index in [1.54, 1.807) is 6.92 Å². The lowest BCUT2D eigenvalue weighted by Crippen LogP contribution is -1.95. The van der Waals surface area contributed by atoms with E-state index in [-0.39, 0.29) is 6.61 Å². The van der Waals surface area contributed by atoms with Crippen LogP contribution in [-0.4, -0.2) is 20.3 Å². The van der Waals surface area contributed by atoms with E-state index in [0.29, 0.717) is 29.2 Å². The molecule has 26 heavy (non-hydrogen) atoms. The predicted octanol–water partition coefficient (Wildman–Crippen LogP) is 4.44. The molecule has 0 saturated heterocycles. The molecule has 2 aromatic heterocycles. The number of ether oxygens (including phenoxy) is 1. The molecule has 0 unspecified atom stereocenters. The number of nitrogens with zero attached hydrogens (tertiary/aromatic N) is 4. The molecule has 7 nitrogen and oxygen atoms in total. The van der Waals surface area contributed by atoms with Crippen molar-refractivity contribution in [1.29, 1.82) is 0 Å². The molecule has 0 fully saturated rings. The molecule has 2 heterocycles. The van der Waals surface area contributed by atoms with Crippen LogP contribution in [0.3, 0.4) is 0 Å². The summed E-state index contributed by atoms with van der Waals surface area (Å²) in [7, 11) is 0. The highest BCUT2D eigenvalue weighted by molar-refractivity contribution is 9.10. The summed E-state index contributed by atoms with van der Waals surface area (Å²) in [6.45, 7) is 1.93. The Hall–Kier alpha value is -3.00. The van der Waals surface area contributed by atoms with Gasteiger partial charge < -0.3 is 13.8 Å². The van der Waals surface area contributed by atoms with Crippen molar-refractivity contribution in [2.24, 2.45) is 0 Å². The maximum Gasteiger partial charge on any atom is 0.264 e. The summed E-state index contributed by atoms with van der Waals surface area (Å²) < 4.78 is 16.9. The summed E-state index contributed by atoms with van der Waals surface area (Å²) in [4.78, 5) is 8.54. The Morgan fingerprint density at radius 1 is 0.923 bits per heavy atom. The van der Waals surface area contributed by atoms with Crippen molar-refractivity contribution in [1.82, 2.24) is 20.3 Å². The molecule has 0 bridgehead atoms. The fourth-order valence-corrected chi connectivity index (χ4v) is 2.72. The minimum Gasteiger partial charge on any atom is -0.484 e. The average Bonchev–Trinajstić information content (AvgIpc) is 3.30. The van der Waals surface area contributed by atoms with Crippen LogP contribution in [0.2, 0.25) is 0 Å². The first kappa shape index (κ1) is 16.5. The number of halogens is 1. The van der Waals surface area contributed by atoms with Gasteiger partial charge in [0.25, 0.3) is 5.89 Å². The zero-order valence-corrected chi connectivity index (χ0v) is 15.3. The van der Waals surface area contributed by atoms with Crippen molar-refractivity contribution in [3.63, 3.8) is 0 Å². The third-order valence-corrected chi connectivity index (χ3v) is 4.05. The van der Waals surface area contributed by atoms with Gasteiger partial charge in [-0.1, -0.05) is 38.4 Å². The molecule has 130 valence electrons. The van der Waals surface area contributed by atoms with Crippen molar-refractivity contribution in [2.75, 3.05) is 0 Å². The molecule has 4 aromatic rings. The monoisotopic (exact) mass is 412 g/mol. The molecule has 0 N–H and O–H groups in total. The van der Waals surface area contributed by atoms with E-state index in [0.717, 1.165) is 15.6 Å². The number of rotatable bonds is 5. The van der Waals surface area contributed by atoms with Gasteiger partial charge in [-0.15, -0.1) is 0 Å². The molecule has 0 saturated carbocycles. The Bertz CT molecular complexity index is 1030. The normalized spacial score (nSPS) is 10.8. The Kier molecular flexibility index (Phi) is 4.49. The Balaban J connectivity index is 1.41. The van der Waals surface area contributed by atoms with Gasteiger partial charge in [-0.3, -0.25) is 0 Å². The van der Waals surface area contributed by atoms with Crippen LogP contribution in [0.5, 0.6) is 5.75 Å². The number of hydrogen-bond acceptors (Lipinski definition) is 7. The lowest BCUT2D eigenvalue weighted by molar-refractivity contribution is 0.243. The van der Waals surface area contributed by atoms with Crippen molar-refractivity contribution in [3.8, 4) is 28.5 Å². The molecule has 0 aliphatic carbocycles. The van der Waals surface area contributed by atoms with E-state index in [4.69, 9.17) is 13.8 Å². The van der Waals surface area contributed by atoms with Gasteiger partial charge in [0.15, 0.2) is 6.61 Å². The smallest absolute Gasteiger partial charge is 0.264 e. The Morgan fingerprint density at radius 2 is 1.69 bits per heavy atom. The second-order valence-electron chi connectivity index (χ2n) is 5.47. The standard InChI is InChI=1S/C18H13BrN4O3/c1-11-20-17(22-25-11)12-5-7-15(8-6-12)24-10-16-21-18(23-26-16)13-3-2-4-14(19)9-13/h2-9H,10H2,1H3. The van der Waals surface area contributed by atoms with Crippen LogP contribution in [-0.2, 0) is 6.61 Å². The van der Waals surface area contributed by atoms with Crippen LogP contribution >= 0.6 is 15.9 Å². The lowest BCUT2D eigenvalue weighted by atomic mass is 10.2. The molecule has 0 atom stereocenters. The first-order valence-corrected chi connectivity index (χ1v) is 8.59. The van der Waals surface area contributed by atoms with Gasteiger partial charge in [0.1, 0.15) is 5.75 Å². The second-order valence-corrected chi connectivity index (χ2v) is 6.39. The van der Waals surface area contributed by atoms with Crippen molar-refractivity contribution in [3.05, 3.63) is 64.8 Å². The number of benzene rings is 2. The summed E-state index contributed by atoms with van der Waals surface area (Å²) in [5, 5.41) is 7.87. The molecular formula is C18H13BrN4O3. The average molecular weight is 413 g/mol. The van der Waals surface area contributed by atoms with E-state index in [1.165, 1.54) is 0 Å². The van der Waals surface area contributed by atoms with Crippen molar-refractivity contribution < 1.29 is 13.8 Å². The van der Waals surface area contributed by atoms with Crippen LogP contribution in [0.15, 0.2) is 62.0 Å². The fraction of sp³-hybridized carbons (Fsp3) is 0.111. The molecule has 0 aliphatic heterocycles. The molecule has 0 aliphatic rings. The number of aromatic nitrogens is 4. The van der Waals surface area contributed by atoms with Gasteiger partial charge in [-0.05, 0) is 36.4 Å². The van der Waals surface area contributed by atoms with Crippen LogP contribution in [0.1, 0.15) is 11.8 Å². The topological polar surface area (TPSA) is 87.1 Å². The first-order chi connectivity index (χ1) is 12.7. The summed E-state index contributed by atoms with van der Waals surface area (Å²) in [6.07, 6.45) is 0. The molecule has 0 amide bonds. The van der Waals surface area contributed by atoms with E-state index in [1.807, 2.05) is 48.5 Å². The molecular weight excluding hydrogens is 400 g/mol. The Morgan fingerprint density at radius 3 is 2.42 bits per heavy atom. The van der Waals surface area contributed by atoms with Gasteiger partial charge in [-0.2, -0.15) is 9.97 Å². The van der Waals surface area contributed by atoms with E-state index < -0.39 is 0 Å². The summed E-state index contributed by atoms with van der Waals surface area (Å²) in [5.41, 5.74) is 1.72. The second kappa shape index (κ2) is 7.09. The zero-order valence-electron chi connectivity index (χ0n) is 13.7. The quantitative estimate of drug-likeness (QED) is 0.478. The summed E-state index contributed by atoms with van der Waals surface area (Å²) >= 11 is 3.43. The predicted molar refractivity (Wildman–Crippen MR) is 96.2 cm³/mol. The van der Waals surface area contributed by atoms with Gasteiger partial charge >= 0.3 is 0 Å². The Labute approximate surface area is 157 Å². The lowest BCUT2D eigenvalue weighted by Gasteiger charge is -2.03. The van der Waals surface area contributed by atoms with E-state index in [2.05, 4.69) is 36.2 Å². The van der Waals surface area contributed by atoms with Crippen LogP contribution in [0, 0.1) is 6.92 Å². The maximum absolute atomic E-state index is 5.69. The minimum absolute atomic E-state index is 0.182. The third kappa shape index (κ3) is 3.65. The van der Waals surface area contributed by atoms with E-state index in [9.17, 15) is 0 Å². The molecule has 2 aromatic carbocycles. The molecule has 4 rings (SSSR count). The van der Waals surface area contributed by atoms with Gasteiger partial charge in [-0.25, -0.2) is 0 Å². The summed E-state index contributed by atoms with van der Waals surface area (Å²) in [5.74, 6) is 2.67.